The van der Waals surface area contributed by atoms with Crippen molar-refractivity contribution in [2.45, 2.75) is 45.4 Å². The summed E-state index contributed by atoms with van der Waals surface area (Å²) in [6, 6.07) is 12.7. The van der Waals surface area contributed by atoms with E-state index in [2.05, 4.69) is 27.4 Å². The zero-order valence-corrected chi connectivity index (χ0v) is 20.2. The van der Waals surface area contributed by atoms with Gasteiger partial charge in [-0.1, -0.05) is 53.7 Å². The van der Waals surface area contributed by atoms with Crippen molar-refractivity contribution in [3.63, 3.8) is 0 Å². The molecule has 7 nitrogen and oxygen atoms in total. The molecule has 2 amide bonds. The normalized spacial score (nSPS) is 11.6. The van der Waals surface area contributed by atoms with Gasteiger partial charge in [0.25, 0.3) is 5.91 Å². The van der Waals surface area contributed by atoms with Crippen molar-refractivity contribution in [2.75, 3.05) is 11.1 Å². The number of hydrogen-bond donors (Lipinski definition) is 2. The number of thioether (sulfide) groups is 1. The second-order valence-electron chi connectivity index (χ2n) is 7.91. The lowest BCUT2D eigenvalue weighted by atomic mass is 10.1. The second kappa shape index (κ2) is 11.0. The fraction of sp³-hybridized carbons (Fsp3) is 0.280. The van der Waals surface area contributed by atoms with Gasteiger partial charge in [-0.25, -0.2) is 0 Å². The minimum atomic E-state index is -0.369. The van der Waals surface area contributed by atoms with Gasteiger partial charge in [0, 0.05) is 17.8 Å². The Morgan fingerprint density at radius 1 is 1.12 bits per heavy atom. The summed E-state index contributed by atoms with van der Waals surface area (Å²) in [5, 5.41) is 15.1. The molecule has 3 rings (SSSR count). The maximum atomic E-state index is 12.6. The van der Waals surface area contributed by atoms with Crippen molar-refractivity contribution in [3.05, 3.63) is 83.2 Å². The zero-order valence-electron chi connectivity index (χ0n) is 19.4. The predicted molar refractivity (Wildman–Crippen MR) is 133 cm³/mol. The molecule has 0 aliphatic carbocycles. The molecule has 8 heteroatoms. The number of rotatable bonds is 9. The van der Waals surface area contributed by atoms with Gasteiger partial charge in [-0.2, -0.15) is 0 Å². The second-order valence-corrected chi connectivity index (χ2v) is 8.85. The summed E-state index contributed by atoms with van der Waals surface area (Å²) in [4.78, 5) is 25.1. The molecule has 2 aromatic carbocycles. The van der Waals surface area contributed by atoms with Gasteiger partial charge < -0.3 is 15.2 Å². The van der Waals surface area contributed by atoms with Crippen LogP contribution < -0.4 is 10.6 Å². The Morgan fingerprint density at radius 3 is 2.42 bits per heavy atom. The number of allylic oxidation sites excluding steroid dienone is 1. The third kappa shape index (κ3) is 6.10. The fourth-order valence-electron chi connectivity index (χ4n) is 3.64. The average molecular weight is 464 g/mol. The summed E-state index contributed by atoms with van der Waals surface area (Å²) in [5.74, 6) is 0.489. The molecular weight excluding hydrogens is 434 g/mol. The van der Waals surface area contributed by atoms with E-state index in [4.69, 9.17) is 0 Å². The van der Waals surface area contributed by atoms with Crippen LogP contribution in [-0.4, -0.2) is 32.3 Å². The van der Waals surface area contributed by atoms with Gasteiger partial charge in [-0.05, 0) is 51.0 Å². The summed E-state index contributed by atoms with van der Waals surface area (Å²) >= 11 is 1.30. The van der Waals surface area contributed by atoms with Crippen LogP contribution in [0.3, 0.4) is 0 Å². The van der Waals surface area contributed by atoms with Crippen molar-refractivity contribution in [3.8, 4) is 0 Å². The van der Waals surface area contributed by atoms with Crippen LogP contribution in [0.2, 0.25) is 0 Å². The monoisotopic (exact) mass is 463 g/mol. The quantitative estimate of drug-likeness (QED) is 0.357. The molecule has 0 aliphatic rings. The first kappa shape index (κ1) is 24.3. The van der Waals surface area contributed by atoms with Gasteiger partial charge >= 0.3 is 0 Å². The van der Waals surface area contributed by atoms with E-state index >= 15 is 0 Å². The molecule has 33 heavy (non-hydrogen) atoms. The average Bonchev–Trinajstić information content (AvgIpc) is 3.18. The molecule has 0 radical (unpaired) electrons. The Labute approximate surface area is 198 Å². The van der Waals surface area contributed by atoms with E-state index < -0.39 is 0 Å². The van der Waals surface area contributed by atoms with E-state index in [0.717, 1.165) is 22.4 Å². The number of hydrogen-bond acceptors (Lipinski definition) is 5. The Balaban J connectivity index is 1.68. The topological polar surface area (TPSA) is 88.9 Å². The van der Waals surface area contributed by atoms with Gasteiger partial charge in [0.2, 0.25) is 5.91 Å². The van der Waals surface area contributed by atoms with Gasteiger partial charge in [0.15, 0.2) is 11.0 Å². The number of benzene rings is 2. The molecule has 1 heterocycles. The van der Waals surface area contributed by atoms with Crippen LogP contribution in [0, 0.1) is 20.8 Å². The number of aromatic nitrogens is 3. The van der Waals surface area contributed by atoms with E-state index in [9.17, 15) is 9.59 Å². The van der Waals surface area contributed by atoms with Gasteiger partial charge in [0.05, 0.1) is 11.8 Å². The molecule has 3 aromatic rings. The minimum Gasteiger partial charge on any atom is -0.342 e. The van der Waals surface area contributed by atoms with Crippen molar-refractivity contribution in [1.82, 2.24) is 20.1 Å². The number of nitrogens with zero attached hydrogens (tertiary/aromatic N) is 3. The first-order valence-corrected chi connectivity index (χ1v) is 11.7. The molecule has 0 fully saturated rings. The van der Waals surface area contributed by atoms with Crippen LogP contribution in [0.15, 0.2) is 60.3 Å². The molecule has 1 atom stereocenters. The highest BCUT2D eigenvalue weighted by Gasteiger charge is 2.20. The number of anilines is 1. The van der Waals surface area contributed by atoms with Crippen molar-refractivity contribution < 1.29 is 9.59 Å². The highest BCUT2D eigenvalue weighted by molar-refractivity contribution is 7.99. The molecule has 172 valence electrons. The van der Waals surface area contributed by atoms with Gasteiger partial charge in [0.1, 0.15) is 0 Å². The number of nitrogens with one attached hydrogen (secondary N) is 2. The third-order valence-electron chi connectivity index (χ3n) is 5.10. The number of amides is 2. The molecule has 0 saturated carbocycles. The van der Waals surface area contributed by atoms with Crippen molar-refractivity contribution in [2.24, 2.45) is 0 Å². The summed E-state index contributed by atoms with van der Waals surface area (Å²) in [7, 11) is 0. The first-order chi connectivity index (χ1) is 15.8. The zero-order chi connectivity index (χ0) is 24.0. The maximum Gasteiger partial charge on any atom is 0.251 e. The van der Waals surface area contributed by atoms with E-state index in [1.54, 1.807) is 18.2 Å². The molecule has 2 N–H and O–H groups in total. The number of aryl methyl sites for hydroxylation is 3. The van der Waals surface area contributed by atoms with Gasteiger partial charge in [-0.15, -0.1) is 16.8 Å². The van der Waals surface area contributed by atoms with Crippen molar-refractivity contribution in [1.29, 1.82) is 0 Å². The standard InChI is InChI=1S/C25H29N5O2S/c1-6-12-30-23(19(5)26-24(32)20-10-8-7-9-11-20)28-29-25(30)33-15-21(31)27-22-17(3)13-16(2)14-18(22)4/h6-11,13-14,19H,1,12,15H2,2-5H3,(H,26,32)(H,27,31)/t19-/m1/s1. The highest BCUT2D eigenvalue weighted by Crippen LogP contribution is 2.24. The highest BCUT2D eigenvalue weighted by atomic mass is 32.2. The number of carbonyl (C=O) groups excluding carboxylic acids is 2. The number of carbonyl (C=O) groups is 2. The van der Waals surface area contributed by atoms with Crippen LogP contribution in [-0.2, 0) is 11.3 Å². The Kier molecular flexibility index (Phi) is 8.06. The maximum absolute atomic E-state index is 12.6. The molecule has 0 saturated heterocycles. The molecule has 1 aromatic heterocycles. The first-order valence-electron chi connectivity index (χ1n) is 10.7. The van der Waals surface area contributed by atoms with Gasteiger partial charge in [-0.3, -0.25) is 9.59 Å². The largest absolute Gasteiger partial charge is 0.342 e. The SMILES string of the molecule is C=CCn1c(SCC(=O)Nc2c(C)cc(C)cc2C)nnc1[C@@H](C)NC(=O)c1ccccc1. The summed E-state index contributed by atoms with van der Waals surface area (Å²) < 4.78 is 1.86. The summed E-state index contributed by atoms with van der Waals surface area (Å²) in [6.45, 7) is 12.1. The summed E-state index contributed by atoms with van der Waals surface area (Å²) in [6.07, 6.45) is 1.74. The molecule has 0 spiro atoms. The van der Waals surface area contributed by atoms with Crippen molar-refractivity contribution >= 4 is 29.3 Å². The smallest absolute Gasteiger partial charge is 0.251 e. The third-order valence-corrected chi connectivity index (χ3v) is 6.07. The summed E-state index contributed by atoms with van der Waals surface area (Å²) in [5.41, 5.74) is 4.65. The Hall–Kier alpha value is -3.39. The molecular formula is C25H29N5O2S. The van der Waals surface area contributed by atoms with E-state index in [0.29, 0.717) is 23.1 Å². The van der Waals surface area contributed by atoms with E-state index in [-0.39, 0.29) is 23.6 Å². The fourth-order valence-corrected chi connectivity index (χ4v) is 4.40. The van der Waals surface area contributed by atoms with Crippen LogP contribution in [0.25, 0.3) is 0 Å². The van der Waals surface area contributed by atoms with Crippen LogP contribution in [0.4, 0.5) is 5.69 Å². The van der Waals surface area contributed by atoms with Crippen LogP contribution >= 0.6 is 11.8 Å². The van der Waals surface area contributed by atoms with Crippen LogP contribution in [0.5, 0.6) is 0 Å². The Morgan fingerprint density at radius 2 is 1.79 bits per heavy atom. The Bertz CT molecular complexity index is 1130. The molecule has 0 bridgehead atoms. The lowest BCUT2D eigenvalue weighted by Gasteiger charge is -2.15. The lowest BCUT2D eigenvalue weighted by Crippen LogP contribution is -2.28. The van der Waals surface area contributed by atoms with E-state index in [1.807, 2.05) is 62.6 Å². The molecule has 0 aliphatic heterocycles. The predicted octanol–water partition coefficient (Wildman–Crippen LogP) is 4.61. The van der Waals surface area contributed by atoms with Crippen LogP contribution in [0.1, 0.15) is 45.8 Å². The molecule has 0 unspecified atom stereocenters. The van der Waals surface area contributed by atoms with E-state index in [1.165, 1.54) is 11.8 Å². The minimum absolute atomic E-state index is 0.116. The lowest BCUT2D eigenvalue weighted by molar-refractivity contribution is -0.113.